The molecule has 3 aromatic rings. The topological polar surface area (TPSA) is 60.7 Å². The highest BCUT2D eigenvalue weighted by atomic mass is 35.5. The summed E-state index contributed by atoms with van der Waals surface area (Å²) in [7, 11) is 0. The van der Waals surface area contributed by atoms with Gasteiger partial charge in [-0.3, -0.25) is 9.36 Å². The Morgan fingerprint density at radius 1 is 1.11 bits per heavy atom. The van der Waals surface area contributed by atoms with Crippen LogP contribution in [-0.4, -0.2) is 19.5 Å². The first-order valence-electron chi connectivity index (χ1n) is 5.66. The van der Waals surface area contributed by atoms with E-state index < -0.39 is 0 Å². The first kappa shape index (κ1) is 11.8. The number of hydrogen-bond acceptors (Lipinski definition) is 4. The van der Waals surface area contributed by atoms with E-state index in [-0.39, 0.29) is 10.8 Å². The van der Waals surface area contributed by atoms with Gasteiger partial charge >= 0.3 is 0 Å². The van der Waals surface area contributed by atoms with E-state index in [1.165, 1.54) is 17.0 Å². The Morgan fingerprint density at radius 3 is 2.68 bits per heavy atom. The van der Waals surface area contributed by atoms with Crippen molar-refractivity contribution < 1.29 is 0 Å². The largest absolute Gasteiger partial charge is 0.285 e. The van der Waals surface area contributed by atoms with Crippen LogP contribution in [0.5, 0.6) is 0 Å². The summed E-state index contributed by atoms with van der Waals surface area (Å²) in [6.45, 7) is 0.423. The van der Waals surface area contributed by atoms with Crippen LogP contribution in [0.15, 0.2) is 47.5 Å². The van der Waals surface area contributed by atoms with Gasteiger partial charge in [0.05, 0.1) is 18.9 Å². The fraction of sp³-hybridized carbons (Fsp3) is 0.0769. The van der Waals surface area contributed by atoms with Crippen molar-refractivity contribution >= 4 is 22.8 Å². The molecule has 0 amide bonds. The zero-order valence-corrected chi connectivity index (χ0v) is 10.6. The average Bonchev–Trinajstić information content (AvgIpc) is 2.43. The van der Waals surface area contributed by atoms with E-state index >= 15 is 0 Å². The summed E-state index contributed by atoms with van der Waals surface area (Å²) in [5.41, 5.74) is 1.77. The van der Waals surface area contributed by atoms with Gasteiger partial charge in [-0.2, -0.15) is 4.98 Å². The van der Waals surface area contributed by atoms with Crippen LogP contribution in [0.4, 0.5) is 0 Å². The van der Waals surface area contributed by atoms with Crippen LogP contribution >= 0.6 is 11.6 Å². The summed E-state index contributed by atoms with van der Waals surface area (Å²) in [5.74, 6) is 0. The minimum atomic E-state index is -0.217. The molecule has 0 saturated carbocycles. The first-order valence-corrected chi connectivity index (χ1v) is 6.04. The van der Waals surface area contributed by atoms with Gasteiger partial charge in [-0.25, -0.2) is 9.97 Å². The molecule has 1 aromatic carbocycles. The Morgan fingerprint density at radius 2 is 1.89 bits per heavy atom. The summed E-state index contributed by atoms with van der Waals surface area (Å²) >= 11 is 5.78. The molecule has 19 heavy (non-hydrogen) atoms. The highest BCUT2D eigenvalue weighted by molar-refractivity contribution is 6.28. The molecule has 0 atom stereocenters. The number of hydrogen-bond donors (Lipinski definition) is 0. The maximum Gasteiger partial charge on any atom is 0.270 e. The van der Waals surface area contributed by atoms with Gasteiger partial charge in [0, 0.05) is 0 Å². The zero-order valence-electron chi connectivity index (χ0n) is 9.82. The summed E-state index contributed by atoms with van der Waals surface area (Å²) in [6.07, 6.45) is 2.77. The lowest BCUT2D eigenvalue weighted by molar-refractivity contribution is 0.773. The predicted molar refractivity (Wildman–Crippen MR) is 72.1 cm³/mol. The minimum Gasteiger partial charge on any atom is -0.285 e. The molecule has 0 spiro atoms. The number of fused-ring (bicyclic) bond motifs is 1. The summed E-state index contributed by atoms with van der Waals surface area (Å²) in [6, 6.07) is 9.66. The van der Waals surface area contributed by atoms with Crippen molar-refractivity contribution in [2.45, 2.75) is 6.54 Å². The monoisotopic (exact) mass is 272 g/mol. The second kappa shape index (κ2) is 4.78. The number of nitrogens with zero attached hydrogens (tertiary/aromatic N) is 4. The lowest BCUT2D eigenvalue weighted by Crippen LogP contribution is -2.22. The van der Waals surface area contributed by atoms with Gasteiger partial charge in [0.2, 0.25) is 5.28 Å². The lowest BCUT2D eigenvalue weighted by Gasteiger charge is -2.08. The Balaban J connectivity index is 2.19. The molecule has 2 heterocycles. The Hall–Kier alpha value is -2.27. The standard InChI is InChI=1S/C13H9ClN4O/c14-13-16-6-10-12(17-13)18(11(19)7-15-10)8-9-4-2-1-3-5-9/h1-7H,8H2. The molecule has 6 heteroatoms. The van der Waals surface area contributed by atoms with Crippen LogP contribution < -0.4 is 5.56 Å². The van der Waals surface area contributed by atoms with E-state index in [1.807, 2.05) is 30.3 Å². The molecule has 0 fully saturated rings. The van der Waals surface area contributed by atoms with Crippen LogP contribution in [0.3, 0.4) is 0 Å². The van der Waals surface area contributed by atoms with E-state index in [2.05, 4.69) is 15.0 Å². The zero-order chi connectivity index (χ0) is 13.2. The van der Waals surface area contributed by atoms with E-state index in [0.717, 1.165) is 5.56 Å². The quantitative estimate of drug-likeness (QED) is 0.669. The third-order valence-corrected chi connectivity index (χ3v) is 2.92. The summed E-state index contributed by atoms with van der Waals surface area (Å²) in [4.78, 5) is 23.9. The van der Waals surface area contributed by atoms with Gasteiger partial charge in [-0.1, -0.05) is 30.3 Å². The molecule has 0 radical (unpaired) electrons. The maximum absolute atomic E-state index is 11.9. The molecule has 0 aliphatic rings. The normalized spacial score (nSPS) is 10.8. The minimum absolute atomic E-state index is 0.0988. The summed E-state index contributed by atoms with van der Waals surface area (Å²) in [5, 5.41) is 0.0988. The van der Waals surface area contributed by atoms with E-state index in [9.17, 15) is 4.79 Å². The van der Waals surface area contributed by atoms with Gasteiger partial charge in [0.15, 0.2) is 5.65 Å². The van der Waals surface area contributed by atoms with Gasteiger partial charge < -0.3 is 0 Å². The number of rotatable bonds is 2. The fourth-order valence-electron chi connectivity index (χ4n) is 1.85. The average molecular weight is 273 g/mol. The van der Waals surface area contributed by atoms with E-state index in [0.29, 0.717) is 17.7 Å². The Labute approximate surface area is 113 Å². The summed E-state index contributed by atoms with van der Waals surface area (Å²) < 4.78 is 1.53. The maximum atomic E-state index is 11.9. The van der Waals surface area contributed by atoms with Crippen molar-refractivity contribution in [2.24, 2.45) is 0 Å². The SMILES string of the molecule is O=c1cnc2cnc(Cl)nc2n1Cc1ccccc1. The van der Waals surface area contributed by atoms with Crippen molar-refractivity contribution in [3.63, 3.8) is 0 Å². The molecule has 0 bridgehead atoms. The highest BCUT2D eigenvalue weighted by Gasteiger charge is 2.07. The third kappa shape index (κ3) is 2.32. The van der Waals surface area contributed by atoms with E-state index in [1.54, 1.807) is 0 Å². The van der Waals surface area contributed by atoms with Crippen molar-refractivity contribution in [3.05, 3.63) is 63.9 Å². The Kier molecular flexibility index (Phi) is 2.97. The molecule has 2 aromatic heterocycles. The molecule has 0 aliphatic carbocycles. The molecular formula is C13H9ClN4O. The second-order valence-electron chi connectivity index (χ2n) is 4.02. The van der Waals surface area contributed by atoms with Crippen LogP contribution in [-0.2, 0) is 6.54 Å². The molecular weight excluding hydrogens is 264 g/mol. The molecule has 5 nitrogen and oxygen atoms in total. The molecule has 94 valence electrons. The van der Waals surface area contributed by atoms with Gasteiger partial charge in [0.25, 0.3) is 5.56 Å². The van der Waals surface area contributed by atoms with Crippen LogP contribution in [0.1, 0.15) is 5.56 Å². The van der Waals surface area contributed by atoms with Crippen LogP contribution in [0.25, 0.3) is 11.2 Å². The number of halogens is 1. The van der Waals surface area contributed by atoms with Crippen molar-refractivity contribution in [1.82, 2.24) is 19.5 Å². The van der Waals surface area contributed by atoms with Crippen LogP contribution in [0, 0.1) is 0 Å². The number of benzene rings is 1. The molecule has 0 aliphatic heterocycles. The molecule has 0 saturated heterocycles. The van der Waals surface area contributed by atoms with Gasteiger partial charge in [0.1, 0.15) is 5.52 Å². The van der Waals surface area contributed by atoms with Crippen molar-refractivity contribution in [2.75, 3.05) is 0 Å². The Bertz CT molecular complexity index is 786. The lowest BCUT2D eigenvalue weighted by atomic mass is 10.2. The van der Waals surface area contributed by atoms with E-state index in [4.69, 9.17) is 11.6 Å². The van der Waals surface area contributed by atoms with Gasteiger partial charge in [-0.05, 0) is 17.2 Å². The molecule has 3 rings (SSSR count). The van der Waals surface area contributed by atoms with Crippen molar-refractivity contribution in [3.8, 4) is 0 Å². The van der Waals surface area contributed by atoms with Crippen LogP contribution in [0.2, 0.25) is 5.28 Å². The smallest absolute Gasteiger partial charge is 0.270 e. The first-order chi connectivity index (χ1) is 9.24. The molecule has 0 unspecified atom stereocenters. The third-order valence-electron chi connectivity index (χ3n) is 2.74. The second-order valence-corrected chi connectivity index (χ2v) is 4.35. The highest BCUT2D eigenvalue weighted by Crippen LogP contribution is 2.10. The predicted octanol–water partition coefficient (Wildman–Crippen LogP) is 1.89. The van der Waals surface area contributed by atoms with Crippen molar-refractivity contribution in [1.29, 1.82) is 0 Å². The fourth-order valence-corrected chi connectivity index (χ4v) is 1.98. The van der Waals surface area contributed by atoms with Gasteiger partial charge in [-0.15, -0.1) is 0 Å². The molecule has 0 N–H and O–H groups in total. The number of aromatic nitrogens is 4.